The second-order valence-corrected chi connectivity index (χ2v) is 5.43. The zero-order valence-electron chi connectivity index (χ0n) is 13.6. The van der Waals surface area contributed by atoms with Crippen molar-refractivity contribution in [3.8, 4) is 0 Å². The van der Waals surface area contributed by atoms with Crippen LogP contribution >= 0.6 is 0 Å². The molecule has 132 valence electrons. The van der Waals surface area contributed by atoms with E-state index in [9.17, 15) is 14.4 Å². The standard InChI is InChI=1S/C18H14N2O6/c1-10(16(21)20-12-5-2-4-11(8-12)17(22)23)26-18(24)13-6-3-7-14-15(13)19-9-25-14/h2-10H,1H3,(H,20,21)(H,22,23). The summed E-state index contributed by atoms with van der Waals surface area (Å²) in [6.45, 7) is 1.41. The van der Waals surface area contributed by atoms with Crippen molar-refractivity contribution in [3.63, 3.8) is 0 Å². The minimum Gasteiger partial charge on any atom is -0.478 e. The van der Waals surface area contributed by atoms with E-state index in [-0.39, 0.29) is 16.8 Å². The number of ether oxygens (including phenoxy) is 1. The van der Waals surface area contributed by atoms with E-state index in [2.05, 4.69) is 10.3 Å². The fourth-order valence-electron chi connectivity index (χ4n) is 2.30. The number of nitrogens with one attached hydrogen (secondary N) is 1. The van der Waals surface area contributed by atoms with Gasteiger partial charge in [0.25, 0.3) is 5.91 Å². The lowest BCUT2D eigenvalue weighted by Gasteiger charge is -2.14. The average Bonchev–Trinajstić information content (AvgIpc) is 3.10. The number of amides is 1. The molecule has 2 aromatic carbocycles. The molecule has 1 amide bonds. The molecule has 0 saturated carbocycles. The van der Waals surface area contributed by atoms with Gasteiger partial charge in [0.2, 0.25) is 0 Å². The number of anilines is 1. The Morgan fingerprint density at radius 1 is 1.19 bits per heavy atom. The predicted octanol–water partition coefficient (Wildman–Crippen LogP) is 2.71. The second-order valence-electron chi connectivity index (χ2n) is 5.43. The zero-order chi connectivity index (χ0) is 18.7. The number of hydrogen-bond acceptors (Lipinski definition) is 6. The van der Waals surface area contributed by atoms with Crippen LogP contribution in [0.1, 0.15) is 27.6 Å². The number of esters is 1. The first kappa shape index (κ1) is 17.2. The van der Waals surface area contributed by atoms with Crippen LogP contribution in [0.15, 0.2) is 53.3 Å². The van der Waals surface area contributed by atoms with Crippen LogP contribution in [-0.2, 0) is 9.53 Å². The molecule has 26 heavy (non-hydrogen) atoms. The summed E-state index contributed by atoms with van der Waals surface area (Å²) in [5.74, 6) is -2.42. The highest BCUT2D eigenvalue weighted by molar-refractivity contribution is 6.03. The molecule has 0 fully saturated rings. The van der Waals surface area contributed by atoms with Crippen molar-refractivity contribution in [1.82, 2.24) is 4.98 Å². The molecule has 0 aliphatic heterocycles. The van der Waals surface area contributed by atoms with Crippen LogP contribution in [-0.4, -0.2) is 34.0 Å². The van der Waals surface area contributed by atoms with E-state index in [1.165, 1.54) is 43.6 Å². The van der Waals surface area contributed by atoms with Gasteiger partial charge in [0.15, 0.2) is 18.1 Å². The lowest BCUT2D eigenvalue weighted by Crippen LogP contribution is -2.30. The van der Waals surface area contributed by atoms with Gasteiger partial charge in [0.1, 0.15) is 5.52 Å². The molecular weight excluding hydrogens is 340 g/mol. The lowest BCUT2D eigenvalue weighted by molar-refractivity contribution is -0.123. The molecule has 0 aliphatic carbocycles. The number of benzene rings is 2. The molecule has 1 aromatic heterocycles. The highest BCUT2D eigenvalue weighted by Crippen LogP contribution is 2.18. The monoisotopic (exact) mass is 354 g/mol. The van der Waals surface area contributed by atoms with Crippen molar-refractivity contribution in [2.75, 3.05) is 5.32 Å². The van der Waals surface area contributed by atoms with Crippen LogP contribution in [0.25, 0.3) is 11.1 Å². The second kappa shape index (κ2) is 7.06. The molecule has 1 heterocycles. The number of rotatable bonds is 5. The van der Waals surface area contributed by atoms with Gasteiger partial charge in [-0.25, -0.2) is 14.6 Å². The van der Waals surface area contributed by atoms with Gasteiger partial charge in [-0.15, -0.1) is 0 Å². The molecule has 0 bridgehead atoms. The molecule has 8 heteroatoms. The van der Waals surface area contributed by atoms with Crippen molar-refractivity contribution < 1.29 is 28.6 Å². The summed E-state index contributed by atoms with van der Waals surface area (Å²) in [5.41, 5.74) is 1.28. The number of fused-ring (bicyclic) bond motifs is 1. The van der Waals surface area contributed by atoms with Crippen molar-refractivity contribution in [2.24, 2.45) is 0 Å². The number of hydrogen-bond donors (Lipinski definition) is 2. The molecule has 3 aromatic rings. The third-order valence-corrected chi connectivity index (χ3v) is 3.61. The van der Waals surface area contributed by atoms with Gasteiger partial charge in [0.05, 0.1) is 11.1 Å². The minimum absolute atomic E-state index is 0.0326. The number of carbonyl (C=O) groups excluding carboxylic acids is 2. The molecule has 2 N–H and O–H groups in total. The molecular formula is C18H14N2O6. The largest absolute Gasteiger partial charge is 0.478 e. The normalized spacial score (nSPS) is 11.7. The molecule has 0 saturated heterocycles. The molecule has 8 nitrogen and oxygen atoms in total. The molecule has 0 aliphatic rings. The Morgan fingerprint density at radius 3 is 2.73 bits per heavy atom. The van der Waals surface area contributed by atoms with Gasteiger partial charge in [-0.2, -0.15) is 0 Å². The Balaban J connectivity index is 1.69. The highest BCUT2D eigenvalue weighted by Gasteiger charge is 2.21. The van der Waals surface area contributed by atoms with E-state index in [1.54, 1.807) is 12.1 Å². The molecule has 1 unspecified atom stereocenters. The van der Waals surface area contributed by atoms with Crippen LogP contribution in [0, 0.1) is 0 Å². The number of nitrogens with zero attached hydrogens (tertiary/aromatic N) is 1. The Morgan fingerprint density at radius 2 is 1.96 bits per heavy atom. The molecule has 0 radical (unpaired) electrons. The van der Waals surface area contributed by atoms with Crippen molar-refractivity contribution >= 4 is 34.6 Å². The molecule has 1 atom stereocenters. The van der Waals surface area contributed by atoms with Crippen molar-refractivity contribution in [3.05, 3.63) is 60.0 Å². The summed E-state index contributed by atoms with van der Waals surface area (Å²) in [4.78, 5) is 39.4. The van der Waals surface area contributed by atoms with Gasteiger partial charge in [0, 0.05) is 5.69 Å². The van der Waals surface area contributed by atoms with E-state index >= 15 is 0 Å². The highest BCUT2D eigenvalue weighted by atomic mass is 16.5. The zero-order valence-corrected chi connectivity index (χ0v) is 13.6. The SMILES string of the molecule is CC(OC(=O)c1cccc2ocnc12)C(=O)Nc1cccc(C(=O)O)c1. The number of carbonyl (C=O) groups is 3. The van der Waals surface area contributed by atoms with Crippen LogP contribution < -0.4 is 5.32 Å². The van der Waals surface area contributed by atoms with Crippen LogP contribution in [0.3, 0.4) is 0 Å². The average molecular weight is 354 g/mol. The Kier molecular flexibility index (Phi) is 4.66. The number of carboxylic acid groups (broad SMARTS) is 1. The topological polar surface area (TPSA) is 119 Å². The quantitative estimate of drug-likeness (QED) is 0.676. The summed E-state index contributed by atoms with van der Waals surface area (Å²) in [6, 6.07) is 10.5. The van der Waals surface area contributed by atoms with Crippen molar-refractivity contribution in [1.29, 1.82) is 0 Å². The Labute approximate surface area is 147 Å². The number of aromatic carboxylic acids is 1. The summed E-state index contributed by atoms with van der Waals surface area (Å²) >= 11 is 0. The van der Waals surface area contributed by atoms with Crippen LogP contribution in [0.2, 0.25) is 0 Å². The first-order chi connectivity index (χ1) is 12.5. The lowest BCUT2D eigenvalue weighted by atomic mass is 10.2. The number of aromatic nitrogens is 1. The maximum atomic E-state index is 12.3. The van der Waals surface area contributed by atoms with E-state index in [0.29, 0.717) is 11.1 Å². The number of carboxylic acids is 1. The van der Waals surface area contributed by atoms with Gasteiger partial charge >= 0.3 is 11.9 Å². The van der Waals surface area contributed by atoms with E-state index in [1.807, 2.05) is 0 Å². The molecule has 3 rings (SSSR count). The van der Waals surface area contributed by atoms with Gasteiger partial charge < -0.3 is 19.6 Å². The summed E-state index contributed by atoms with van der Waals surface area (Å²) in [7, 11) is 0. The Hall–Kier alpha value is -3.68. The summed E-state index contributed by atoms with van der Waals surface area (Å²) in [6.07, 6.45) is 0.116. The predicted molar refractivity (Wildman–Crippen MR) is 90.9 cm³/mol. The number of oxazole rings is 1. The third-order valence-electron chi connectivity index (χ3n) is 3.61. The minimum atomic E-state index is -1.11. The fourth-order valence-corrected chi connectivity index (χ4v) is 2.30. The van der Waals surface area contributed by atoms with Crippen LogP contribution in [0.5, 0.6) is 0 Å². The number of para-hydroxylation sites is 1. The fraction of sp³-hybridized carbons (Fsp3) is 0.111. The maximum Gasteiger partial charge on any atom is 0.341 e. The smallest absolute Gasteiger partial charge is 0.341 e. The van der Waals surface area contributed by atoms with E-state index in [4.69, 9.17) is 14.3 Å². The van der Waals surface area contributed by atoms with Gasteiger partial charge in [-0.3, -0.25) is 4.79 Å². The molecule has 0 spiro atoms. The van der Waals surface area contributed by atoms with Gasteiger partial charge in [-0.1, -0.05) is 12.1 Å². The summed E-state index contributed by atoms with van der Waals surface area (Å²) < 4.78 is 10.3. The Bertz CT molecular complexity index is 994. The third kappa shape index (κ3) is 3.54. The first-order valence-electron chi connectivity index (χ1n) is 7.63. The first-order valence-corrected chi connectivity index (χ1v) is 7.63. The maximum absolute atomic E-state index is 12.3. The van der Waals surface area contributed by atoms with Crippen LogP contribution in [0.4, 0.5) is 5.69 Å². The van der Waals surface area contributed by atoms with Crippen molar-refractivity contribution in [2.45, 2.75) is 13.0 Å². The van der Waals surface area contributed by atoms with E-state index in [0.717, 1.165) is 0 Å². The van der Waals surface area contributed by atoms with Gasteiger partial charge in [-0.05, 0) is 37.3 Å². The summed E-state index contributed by atoms with van der Waals surface area (Å²) in [5, 5.41) is 11.5. The van der Waals surface area contributed by atoms with E-state index < -0.39 is 23.9 Å².